The van der Waals surface area contributed by atoms with Crippen LogP contribution in [0.15, 0.2) is 39.9 Å². The second kappa shape index (κ2) is 6.44. The van der Waals surface area contributed by atoms with Crippen LogP contribution >= 0.6 is 15.9 Å². The summed E-state index contributed by atoms with van der Waals surface area (Å²) in [6.07, 6.45) is 1.29. The molecular weight excluding hydrogens is 359 g/mol. The van der Waals surface area contributed by atoms with Gasteiger partial charge in [0.25, 0.3) is 5.91 Å². The Morgan fingerprint density at radius 2 is 1.82 bits per heavy atom. The van der Waals surface area contributed by atoms with Crippen molar-refractivity contribution in [3.05, 3.63) is 51.7 Å². The van der Waals surface area contributed by atoms with Gasteiger partial charge in [-0.05, 0) is 45.8 Å². The van der Waals surface area contributed by atoms with E-state index in [1.165, 1.54) is 24.4 Å². The summed E-state index contributed by atoms with van der Waals surface area (Å²) in [6.45, 7) is 0. The molecule has 0 atom stereocenters. The first-order valence-corrected chi connectivity index (χ1v) is 6.71. The third-order valence-electron chi connectivity index (χ3n) is 2.66. The van der Waals surface area contributed by atoms with Gasteiger partial charge in [0, 0.05) is 5.56 Å². The van der Waals surface area contributed by atoms with Crippen molar-refractivity contribution in [2.24, 2.45) is 5.10 Å². The van der Waals surface area contributed by atoms with Crippen molar-refractivity contribution in [1.82, 2.24) is 5.43 Å². The highest BCUT2D eigenvalue weighted by Crippen LogP contribution is 2.35. The van der Waals surface area contributed by atoms with Crippen LogP contribution in [0, 0.1) is 5.82 Å². The monoisotopic (exact) mass is 368 g/mol. The van der Waals surface area contributed by atoms with E-state index in [0.29, 0.717) is 5.56 Å². The molecule has 0 spiro atoms. The predicted molar refractivity (Wildman–Crippen MR) is 80.6 cm³/mol. The van der Waals surface area contributed by atoms with Gasteiger partial charge in [0.15, 0.2) is 17.2 Å². The maximum atomic E-state index is 13.0. The number of rotatable bonds is 3. The molecule has 0 unspecified atom stereocenters. The molecule has 2 aromatic carbocycles. The summed E-state index contributed by atoms with van der Waals surface area (Å²) >= 11 is 3.02. The highest BCUT2D eigenvalue weighted by atomic mass is 79.9. The summed E-state index contributed by atoms with van der Waals surface area (Å²) in [5.41, 5.74) is 2.63. The lowest BCUT2D eigenvalue weighted by Gasteiger charge is -2.04. The average Bonchev–Trinajstić information content (AvgIpc) is 2.47. The van der Waals surface area contributed by atoms with Crippen LogP contribution in [0.3, 0.4) is 0 Å². The average molecular weight is 369 g/mol. The van der Waals surface area contributed by atoms with Crippen molar-refractivity contribution in [2.45, 2.75) is 0 Å². The molecule has 0 saturated heterocycles. The maximum Gasteiger partial charge on any atom is 0.271 e. The number of benzene rings is 2. The molecule has 0 aliphatic rings. The molecule has 0 aromatic heterocycles. The lowest BCUT2D eigenvalue weighted by molar-refractivity contribution is 0.0954. The fourth-order valence-corrected chi connectivity index (χ4v) is 1.95. The lowest BCUT2D eigenvalue weighted by atomic mass is 10.2. The van der Waals surface area contributed by atoms with Crippen molar-refractivity contribution >= 4 is 28.1 Å². The number of hydrogen-bond acceptors (Lipinski definition) is 5. The lowest BCUT2D eigenvalue weighted by Crippen LogP contribution is -2.17. The third kappa shape index (κ3) is 3.53. The molecule has 6 nitrogen and oxygen atoms in total. The van der Waals surface area contributed by atoms with E-state index < -0.39 is 29.0 Å². The predicted octanol–water partition coefficient (Wildman–Crippen LogP) is 2.47. The van der Waals surface area contributed by atoms with E-state index in [1.54, 1.807) is 0 Å². The Kier molecular flexibility index (Phi) is 4.62. The molecule has 2 aromatic rings. The minimum Gasteiger partial charge on any atom is -0.504 e. The zero-order valence-electron chi connectivity index (χ0n) is 10.9. The number of phenols is 3. The molecule has 22 heavy (non-hydrogen) atoms. The van der Waals surface area contributed by atoms with E-state index >= 15 is 0 Å². The van der Waals surface area contributed by atoms with Gasteiger partial charge in [-0.3, -0.25) is 4.79 Å². The van der Waals surface area contributed by atoms with E-state index in [4.69, 9.17) is 0 Å². The van der Waals surface area contributed by atoms with Gasteiger partial charge in [-0.25, -0.2) is 9.82 Å². The summed E-state index contributed by atoms with van der Waals surface area (Å²) in [5, 5.41) is 31.5. The Labute approximate surface area is 132 Å². The molecule has 4 N–H and O–H groups in total. The first kappa shape index (κ1) is 15.8. The van der Waals surface area contributed by atoms with Gasteiger partial charge in [0.2, 0.25) is 0 Å². The summed E-state index contributed by atoms with van der Waals surface area (Å²) in [5.74, 6) is -3.09. The Balaban J connectivity index is 2.09. The minimum absolute atomic E-state index is 0.0924. The van der Waals surface area contributed by atoms with E-state index in [9.17, 15) is 24.5 Å². The number of amides is 1. The zero-order valence-corrected chi connectivity index (χ0v) is 12.5. The number of nitrogens with zero attached hydrogens (tertiary/aromatic N) is 1. The number of hydrazone groups is 1. The fourth-order valence-electron chi connectivity index (χ4n) is 1.56. The molecule has 0 aliphatic heterocycles. The number of halogens is 2. The molecule has 0 heterocycles. The van der Waals surface area contributed by atoms with Crippen LogP contribution in [0.1, 0.15) is 15.9 Å². The van der Waals surface area contributed by atoms with Crippen LogP contribution < -0.4 is 5.43 Å². The van der Waals surface area contributed by atoms with Crippen LogP contribution in [-0.4, -0.2) is 27.4 Å². The quantitative estimate of drug-likeness (QED) is 0.379. The van der Waals surface area contributed by atoms with Crippen LogP contribution in [0.25, 0.3) is 0 Å². The molecule has 0 radical (unpaired) electrons. The van der Waals surface area contributed by atoms with E-state index in [-0.39, 0.29) is 10.0 Å². The third-order valence-corrected chi connectivity index (χ3v) is 3.26. The summed E-state index contributed by atoms with van der Waals surface area (Å²) < 4.78 is 13.3. The SMILES string of the molecule is O=C(N/N=C\c1ccc(F)c(Br)c1)c1cc(O)c(O)c(O)c1. The van der Waals surface area contributed by atoms with Crippen molar-refractivity contribution in [1.29, 1.82) is 0 Å². The number of aromatic hydroxyl groups is 3. The van der Waals surface area contributed by atoms with Crippen LogP contribution in [0.2, 0.25) is 0 Å². The number of nitrogens with one attached hydrogen (secondary N) is 1. The second-order valence-corrected chi connectivity index (χ2v) is 5.09. The van der Waals surface area contributed by atoms with Gasteiger partial charge in [-0.2, -0.15) is 5.10 Å². The zero-order chi connectivity index (χ0) is 16.3. The Bertz CT molecular complexity index is 741. The first-order chi connectivity index (χ1) is 10.4. The number of phenolic OH excluding ortho intramolecular Hbond substituents is 3. The molecule has 1 amide bonds. The smallest absolute Gasteiger partial charge is 0.271 e. The highest BCUT2D eigenvalue weighted by Gasteiger charge is 2.12. The Morgan fingerprint density at radius 1 is 1.18 bits per heavy atom. The van der Waals surface area contributed by atoms with E-state index in [0.717, 1.165) is 12.1 Å². The standard InChI is InChI=1S/C14H10BrFN2O4/c15-9-3-7(1-2-10(9)16)6-17-18-14(22)8-4-11(19)13(21)12(20)5-8/h1-6,19-21H,(H,18,22)/b17-6-. The fraction of sp³-hybridized carbons (Fsp3) is 0. The van der Waals surface area contributed by atoms with Crippen LogP contribution in [0.5, 0.6) is 17.2 Å². The van der Waals surface area contributed by atoms with Gasteiger partial charge in [0.1, 0.15) is 5.82 Å². The Morgan fingerprint density at radius 3 is 2.41 bits per heavy atom. The molecule has 0 bridgehead atoms. The van der Waals surface area contributed by atoms with Gasteiger partial charge in [0.05, 0.1) is 10.7 Å². The van der Waals surface area contributed by atoms with Crippen LogP contribution in [-0.2, 0) is 0 Å². The van der Waals surface area contributed by atoms with E-state index in [2.05, 4.69) is 26.5 Å². The Hall–Kier alpha value is -2.61. The van der Waals surface area contributed by atoms with Gasteiger partial charge in [-0.1, -0.05) is 6.07 Å². The van der Waals surface area contributed by atoms with Gasteiger partial charge >= 0.3 is 0 Å². The largest absolute Gasteiger partial charge is 0.504 e. The van der Waals surface area contributed by atoms with Crippen molar-refractivity contribution in [3.8, 4) is 17.2 Å². The highest BCUT2D eigenvalue weighted by molar-refractivity contribution is 9.10. The van der Waals surface area contributed by atoms with Gasteiger partial charge < -0.3 is 15.3 Å². The maximum absolute atomic E-state index is 13.0. The molecule has 0 fully saturated rings. The van der Waals surface area contributed by atoms with Gasteiger partial charge in [-0.15, -0.1) is 0 Å². The van der Waals surface area contributed by atoms with Crippen molar-refractivity contribution in [3.63, 3.8) is 0 Å². The van der Waals surface area contributed by atoms with E-state index in [1.807, 2.05) is 0 Å². The molecule has 114 valence electrons. The van der Waals surface area contributed by atoms with Crippen molar-refractivity contribution in [2.75, 3.05) is 0 Å². The summed E-state index contributed by atoms with van der Waals surface area (Å²) in [6, 6.07) is 6.14. The molecule has 8 heteroatoms. The topological polar surface area (TPSA) is 102 Å². The molecule has 0 aliphatic carbocycles. The minimum atomic E-state index is -0.712. The second-order valence-electron chi connectivity index (χ2n) is 4.24. The van der Waals surface area contributed by atoms with Crippen molar-refractivity contribution < 1.29 is 24.5 Å². The molecule has 2 rings (SSSR count). The number of carbonyl (C=O) groups is 1. The van der Waals surface area contributed by atoms with Crippen LogP contribution in [0.4, 0.5) is 4.39 Å². The molecule has 0 saturated carbocycles. The number of carbonyl (C=O) groups excluding carboxylic acids is 1. The number of hydrogen-bond donors (Lipinski definition) is 4. The normalized spacial score (nSPS) is 10.8. The molecular formula is C14H10BrFN2O4. The first-order valence-electron chi connectivity index (χ1n) is 5.92. The summed E-state index contributed by atoms with van der Waals surface area (Å²) in [4.78, 5) is 11.8. The summed E-state index contributed by atoms with van der Waals surface area (Å²) in [7, 11) is 0.